The summed E-state index contributed by atoms with van der Waals surface area (Å²) >= 11 is 5.73. The molecule has 6 heteroatoms. The van der Waals surface area contributed by atoms with Crippen molar-refractivity contribution in [1.82, 2.24) is 10.1 Å². The Morgan fingerprint density at radius 2 is 2.06 bits per heavy atom. The molecule has 0 aliphatic rings. The number of aromatic nitrogens is 2. The predicted octanol–water partition coefficient (Wildman–Crippen LogP) is 1.79. The lowest BCUT2D eigenvalue weighted by atomic mass is 10.3. The lowest BCUT2D eigenvalue weighted by molar-refractivity contribution is 0.238. The van der Waals surface area contributed by atoms with Crippen molar-refractivity contribution in [1.29, 1.82) is 0 Å². The van der Waals surface area contributed by atoms with Crippen LogP contribution in [0.1, 0.15) is 11.7 Å². The summed E-state index contributed by atoms with van der Waals surface area (Å²) in [5.74, 6) is 1.22. The van der Waals surface area contributed by atoms with Gasteiger partial charge in [0.15, 0.2) is 12.4 Å². The topological polar surface area (TPSA) is 68.4 Å². The average molecular weight is 241 g/mol. The van der Waals surface area contributed by atoms with Gasteiger partial charge in [0.05, 0.1) is 0 Å². The van der Waals surface area contributed by atoms with Crippen molar-refractivity contribution in [3.05, 3.63) is 41.0 Å². The van der Waals surface area contributed by atoms with Gasteiger partial charge in [-0.1, -0.05) is 16.8 Å². The van der Waals surface area contributed by atoms with Crippen LogP contribution in [-0.4, -0.2) is 15.2 Å². The van der Waals surface area contributed by atoms with Crippen molar-refractivity contribution in [2.75, 3.05) is 0 Å². The number of aliphatic hydroxyl groups is 1. The molecule has 1 aromatic carbocycles. The number of hydrogen-bond donors (Lipinski definition) is 1. The summed E-state index contributed by atoms with van der Waals surface area (Å²) in [5.41, 5.74) is 0. The molecule has 0 fully saturated rings. The van der Waals surface area contributed by atoms with Crippen molar-refractivity contribution in [3.63, 3.8) is 0 Å². The average Bonchev–Trinajstić information content (AvgIpc) is 2.76. The molecule has 1 N–H and O–H groups in total. The van der Waals surface area contributed by atoms with E-state index in [-0.39, 0.29) is 19.0 Å². The van der Waals surface area contributed by atoms with Crippen LogP contribution < -0.4 is 4.74 Å². The fourth-order valence-electron chi connectivity index (χ4n) is 1.09. The lowest BCUT2D eigenvalue weighted by Gasteiger charge is -2.01. The summed E-state index contributed by atoms with van der Waals surface area (Å²) in [6.07, 6.45) is 0. The van der Waals surface area contributed by atoms with E-state index in [2.05, 4.69) is 10.1 Å². The molecule has 1 aromatic heterocycles. The summed E-state index contributed by atoms with van der Waals surface area (Å²) in [6, 6.07) is 6.94. The van der Waals surface area contributed by atoms with E-state index in [1.54, 1.807) is 24.3 Å². The third-order valence-corrected chi connectivity index (χ3v) is 2.08. The van der Waals surface area contributed by atoms with E-state index in [1.807, 2.05) is 0 Å². The molecular formula is C10H9ClN2O3. The molecule has 2 rings (SSSR count). The standard InChI is InChI=1S/C10H9ClN2O3/c11-7-1-3-8(4-2-7)15-6-10-12-9(5-14)13-16-10/h1-4,14H,5-6H2. The third kappa shape index (κ3) is 2.71. The highest BCUT2D eigenvalue weighted by molar-refractivity contribution is 6.30. The van der Waals surface area contributed by atoms with Crippen LogP contribution in [0.5, 0.6) is 5.75 Å². The van der Waals surface area contributed by atoms with Crippen LogP contribution >= 0.6 is 11.6 Å². The van der Waals surface area contributed by atoms with Crippen LogP contribution in [0.4, 0.5) is 0 Å². The highest BCUT2D eigenvalue weighted by Crippen LogP contribution is 2.16. The molecule has 2 aromatic rings. The lowest BCUT2D eigenvalue weighted by Crippen LogP contribution is -1.96. The molecule has 0 aliphatic carbocycles. The quantitative estimate of drug-likeness (QED) is 0.883. The number of benzene rings is 1. The van der Waals surface area contributed by atoms with E-state index < -0.39 is 0 Å². The highest BCUT2D eigenvalue weighted by Gasteiger charge is 2.05. The molecule has 0 atom stereocenters. The third-order valence-electron chi connectivity index (χ3n) is 1.83. The maximum Gasteiger partial charge on any atom is 0.264 e. The van der Waals surface area contributed by atoms with Gasteiger partial charge in [0, 0.05) is 5.02 Å². The molecule has 0 saturated carbocycles. The van der Waals surface area contributed by atoms with E-state index in [4.69, 9.17) is 26.0 Å². The van der Waals surface area contributed by atoms with Crippen molar-refractivity contribution < 1.29 is 14.4 Å². The molecular weight excluding hydrogens is 232 g/mol. The first-order valence-electron chi connectivity index (χ1n) is 4.58. The molecule has 0 unspecified atom stereocenters. The van der Waals surface area contributed by atoms with Gasteiger partial charge in [-0.05, 0) is 24.3 Å². The van der Waals surface area contributed by atoms with E-state index in [0.29, 0.717) is 16.7 Å². The highest BCUT2D eigenvalue weighted by atomic mass is 35.5. The van der Waals surface area contributed by atoms with Gasteiger partial charge in [-0.15, -0.1) is 0 Å². The zero-order valence-corrected chi connectivity index (χ0v) is 9.02. The summed E-state index contributed by atoms with van der Waals surface area (Å²) in [4.78, 5) is 3.88. The zero-order valence-electron chi connectivity index (χ0n) is 8.26. The Kier molecular flexibility index (Phi) is 3.38. The van der Waals surface area contributed by atoms with Crippen molar-refractivity contribution >= 4 is 11.6 Å². The largest absolute Gasteiger partial charge is 0.484 e. The van der Waals surface area contributed by atoms with E-state index in [0.717, 1.165) is 0 Å². The maximum atomic E-state index is 8.73. The van der Waals surface area contributed by atoms with Crippen LogP contribution in [0.25, 0.3) is 0 Å². The van der Waals surface area contributed by atoms with Gasteiger partial charge in [0.25, 0.3) is 5.89 Å². The van der Waals surface area contributed by atoms with Gasteiger partial charge in [-0.2, -0.15) is 4.98 Å². The zero-order chi connectivity index (χ0) is 11.4. The maximum absolute atomic E-state index is 8.73. The normalized spacial score (nSPS) is 10.4. The molecule has 16 heavy (non-hydrogen) atoms. The summed E-state index contributed by atoms with van der Waals surface area (Å²) < 4.78 is 10.2. The Bertz CT molecular complexity index is 455. The Balaban J connectivity index is 1.94. The van der Waals surface area contributed by atoms with E-state index >= 15 is 0 Å². The minimum Gasteiger partial charge on any atom is -0.484 e. The molecule has 0 radical (unpaired) electrons. The minimum absolute atomic E-state index is 0.161. The minimum atomic E-state index is -0.246. The Labute approximate surface area is 96.6 Å². The number of ether oxygens (including phenoxy) is 1. The molecule has 0 saturated heterocycles. The SMILES string of the molecule is OCc1noc(COc2ccc(Cl)cc2)n1. The van der Waals surface area contributed by atoms with Crippen LogP contribution in [0.3, 0.4) is 0 Å². The van der Waals surface area contributed by atoms with Gasteiger partial charge in [0.1, 0.15) is 12.4 Å². The van der Waals surface area contributed by atoms with E-state index in [9.17, 15) is 0 Å². The van der Waals surface area contributed by atoms with Crippen molar-refractivity contribution in [2.24, 2.45) is 0 Å². The fraction of sp³-hybridized carbons (Fsp3) is 0.200. The Hall–Kier alpha value is -1.59. The molecule has 0 bridgehead atoms. The number of halogens is 1. The molecule has 5 nitrogen and oxygen atoms in total. The van der Waals surface area contributed by atoms with Crippen LogP contribution in [0.2, 0.25) is 5.02 Å². The van der Waals surface area contributed by atoms with Crippen LogP contribution in [-0.2, 0) is 13.2 Å². The van der Waals surface area contributed by atoms with Gasteiger partial charge < -0.3 is 14.4 Å². The number of rotatable bonds is 4. The predicted molar refractivity (Wildman–Crippen MR) is 56.0 cm³/mol. The van der Waals surface area contributed by atoms with Crippen LogP contribution in [0.15, 0.2) is 28.8 Å². The van der Waals surface area contributed by atoms with Crippen molar-refractivity contribution in [2.45, 2.75) is 13.2 Å². The van der Waals surface area contributed by atoms with Gasteiger partial charge in [-0.25, -0.2) is 0 Å². The summed E-state index contributed by atoms with van der Waals surface area (Å²) in [5, 5.41) is 12.9. The smallest absolute Gasteiger partial charge is 0.264 e. The first-order chi connectivity index (χ1) is 7.78. The number of nitrogens with zero attached hydrogens (tertiary/aromatic N) is 2. The second-order valence-corrected chi connectivity index (χ2v) is 3.44. The second kappa shape index (κ2) is 4.96. The van der Waals surface area contributed by atoms with Crippen LogP contribution in [0, 0.1) is 0 Å². The molecule has 0 aliphatic heterocycles. The first-order valence-corrected chi connectivity index (χ1v) is 4.96. The molecule has 0 spiro atoms. The second-order valence-electron chi connectivity index (χ2n) is 3.01. The first kappa shape index (κ1) is 10.9. The van der Waals surface area contributed by atoms with Gasteiger partial charge >= 0.3 is 0 Å². The Morgan fingerprint density at radius 3 is 2.69 bits per heavy atom. The molecule has 0 amide bonds. The van der Waals surface area contributed by atoms with Gasteiger partial charge in [0.2, 0.25) is 0 Å². The van der Waals surface area contributed by atoms with Crippen molar-refractivity contribution in [3.8, 4) is 5.75 Å². The fourth-order valence-corrected chi connectivity index (χ4v) is 1.21. The Morgan fingerprint density at radius 1 is 1.31 bits per heavy atom. The number of hydrogen-bond acceptors (Lipinski definition) is 5. The van der Waals surface area contributed by atoms with Gasteiger partial charge in [-0.3, -0.25) is 0 Å². The summed E-state index contributed by atoms with van der Waals surface area (Å²) in [7, 11) is 0. The molecule has 1 heterocycles. The number of aliphatic hydroxyl groups excluding tert-OH is 1. The molecule has 84 valence electrons. The van der Waals surface area contributed by atoms with E-state index in [1.165, 1.54) is 0 Å². The summed E-state index contributed by atoms with van der Waals surface area (Å²) in [6.45, 7) is -0.0842. The monoisotopic (exact) mass is 240 g/mol.